The predicted molar refractivity (Wildman–Crippen MR) is 73.4 cm³/mol. The van der Waals surface area contributed by atoms with Gasteiger partial charge < -0.3 is 0 Å². The van der Waals surface area contributed by atoms with E-state index in [0.717, 1.165) is 5.75 Å². The smallest absolute Gasteiger partial charge is 0.0622 e. The molecule has 2 heteroatoms. The van der Waals surface area contributed by atoms with E-state index in [4.69, 9.17) is 0 Å². The fourth-order valence-electron chi connectivity index (χ4n) is 2.17. The van der Waals surface area contributed by atoms with Gasteiger partial charge in [0.25, 0.3) is 0 Å². The lowest BCUT2D eigenvalue weighted by molar-refractivity contribution is 0.740. The molecule has 1 aliphatic heterocycles. The van der Waals surface area contributed by atoms with Crippen molar-refractivity contribution in [2.45, 2.75) is 5.54 Å². The molecule has 0 spiro atoms. The minimum absolute atomic E-state index is 0.243. The van der Waals surface area contributed by atoms with Gasteiger partial charge in [-0.25, -0.2) is 0 Å². The number of thioether (sulfide) groups is 1. The first-order valence-electron chi connectivity index (χ1n) is 5.61. The van der Waals surface area contributed by atoms with Crippen molar-refractivity contribution in [1.29, 1.82) is 0 Å². The molecule has 1 heterocycles. The van der Waals surface area contributed by atoms with Crippen molar-refractivity contribution >= 4 is 11.8 Å². The Kier molecular flexibility index (Phi) is 2.62. The summed E-state index contributed by atoms with van der Waals surface area (Å²) in [6.45, 7) is 0. The molecule has 0 N–H and O–H groups in total. The van der Waals surface area contributed by atoms with Gasteiger partial charge in [0.1, 0.15) is 5.75 Å². The summed E-state index contributed by atoms with van der Waals surface area (Å²) in [7, 11) is 0. The van der Waals surface area contributed by atoms with Crippen LogP contribution in [-0.4, -0.2) is 5.75 Å². The highest BCUT2D eigenvalue weighted by Gasteiger charge is 2.48. The molecule has 1 aliphatic rings. The van der Waals surface area contributed by atoms with E-state index in [1.807, 2.05) is 12.1 Å². The van der Waals surface area contributed by atoms with Gasteiger partial charge in [-0.3, -0.25) is 0 Å². The Balaban J connectivity index is 2.17. The molecule has 3 rings (SSSR count). The van der Waals surface area contributed by atoms with Crippen LogP contribution in [-0.2, 0) is 5.54 Å². The molecule has 0 amide bonds. The van der Waals surface area contributed by atoms with Gasteiger partial charge in [-0.15, -0.1) is 0 Å². The minimum Gasteiger partial charge on any atom is -0.0622 e. The topological polar surface area (TPSA) is 4.36 Å². The number of benzene rings is 2. The van der Waals surface area contributed by atoms with Crippen molar-refractivity contribution in [3.63, 3.8) is 0 Å². The van der Waals surface area contributed by atoms with E-state index in [9.17, 15) is 0 Å². The summed E-state index contributed by atoms with van der Waals surface area (Å²) >= 11 is 1.65. The van der Waals surface area contributed by atoms with Crippen molar-refractivity contribution in [2.75, 3.05) is 5.75 Å². The van der Waals surface area contributed by atoms with Gasteiger partial charge in [0.05, 0.1) is 0 Å². The maximum absolute atomic E-state index is 4.62. The number of thiocyanates is 1. The van der Waals surface area contributed by atoms with Crippen molar-refractivity contribution in [3.8, 4) is 5.40 Å². The molecule has 17 heavy (non-hydrogen) atoms. The predicted octanol–water partition coefficient (Wildman–Crippen LogP) is 3.97. The van der Waals surface area contributed by atoms with E-state index in [2.05, 4.69) is 58.8 Å². The van der Waals surface area contributed by atoms with Crippen LogP contribution in [0.2, 0.25) is 0 Å². The number of hydrogen-bond donors (Lipinski definition) is 0. The van der Waals surface area contributed by atoms with Crippen molar-refractivity contribution in [3.05, 3.63) is 76.6 Å². The largest absolute Gasteiger partial charge is 0.348 e. The molecule has 0 saturated carbocycles. The zero-order chi connectivity index (χ0) is 11.6. The molecule has 1 nitrogen and oxygen atoms in total. The molecular formula is C15H12NS+. The quantitative estimate of drug-likeness (QED) is 0.716. The van der Waals surface area contributed by atoms with Crippen LogP contribution in [0.3, 0.4) is 0 Å². The summed E-state index contributed by atoms with van der Waals surface area (Å²) in [6.07, 6.45) is 0. The lowest BCUT2D eigenvalue weighted by Crippen LogP contribution is -2.24. The van der Waals surface area contributed by atoms with Gasteiger partial charge in [0.2, 0.25) is 0 Å². The summed E-state index contributed by atoms with van der Waals surface area (Å²) in [5, 5.41) is 3.05. The molecule has 0 aliphatic carbocycles. The second kappa shape index (κ2) is 4.27. The average Bonchev–Trinajstić information content (AvgIpc) is 2.91. The van der Waals surface area contributed by atoms with Crippen LogP contribution < -0.4 is 0 Å². The van der Waals surface area contributed by atoms with E-state index in [1.165, 1.54) is 11.1 Å². The van der Waals surface area contributed by atoms with E-state index in [0.29, 0.717) is 0 Å². The first kappa shape index (κ1) is 10.4. The van der Waals surface area contributed by atoms with E-state index in [1.54, 1.807) is 11.8 Å². The van der Waals surface area contributed by atoms with E-state index >= 15 is 0 Å². The third kappa shape index (κ3) is 1.73. The minimum atomic E-state index is -0.243. The Morgan fingerprint density at radius 2 is 1.41 bits per heavy atom. The number of rotatable bonds is 2. The normalized spacial score (nSPS) is 16.2. The van der Waals surface area contributed by atoms with Gasteiger partial charge in [-0.1, -0.05) is 65.5 Å². The van der Waals surface area contributed by atoms with E-state index in [-0.39, 0.29) is 5.54 Å². The Morgan fingerprint density at radius 1 is 0.882 bits per heavy atom. The van der Waals surface area contributed by atoms with Gasteiger partial charge in [0.15, 0.2) is 0 Å². The molecule has 0 aromatic heterocycles. The molecule has 0 unspecified atom stereocenters. The lowest BCUT2D eigenvalue weighted by Gasteiger charge is -2.15. The highest BCUT2D eigenvalue weighted by molar-refractivity contribution is 8.04. The van der Waals surface area contributed by atoms with Crippen LogP contribution >= 0.6 is 11.8 Å². The van der Waals surface area contributed by atoms with Crippen molar-refractivity contribution < 1.29 is 0 Å². The Hall–Kier alpha value is -1.72. The molecule has 0 saturated heterocycles. The van der Waals surface area contributed by atoms with Crippen molar-refractivity contribution in [1.82, 2.24) is 0 Å². The SMILES string of the molecule is C1#[N+]C(c2ccccc2)(c2ccccc2)CS1. The molecule has 0 atom stereocenters. The third-order valence-electron chi connectivity index (χ3n) is 3.08. The van der Waals surface area contributed by atoms with Crippen molar-refractivity contribution in [2.24, 2.45) is 0 Å². The number of hydrogen-bond acceptors (Lipinski definition) is 1. The Bertz CT molecular complexity index is 527. The maximum atomic E-state index is 4.62. The summed E-state index contributed by atoms with van der Waals surface area (Å²) in [5.41, 5.74) is 2.24. The van der Waals surface area contributed by atoms with E-state index < -0.39 is 0 Å². The summed E-state index contributed by atoms with van der Waals surface area (Å²) < 4.78 is 0. The standard InChI is InChI=1S/C15H12NS/c1-3-7-13(8-4-1)15(11-17-12-16-15)14-9-5-2-6-10-14/h1-10H,11H2/q+1. The van der Waals surface area contributed by atoms with Gasteiger partial charge in [-0.2, -0.15) is 0 Å². The highest BCUT2D eigenvalue weighted by Crippen LogP contribution is 2.40. The van der Waals surface area contributed by atoms with Crippen LogP contribution in [0.5, 0.6) is 0 Å². The summed E-state index contributed by atoms with van der Waals surface area (Å²) in [4.78, 5) is 4.62. The molecule has 0 bridgehead atoms. The first-order chi connectivity index (χ1) is 8.42. The first-order valence-corrected chi connectivity index (χ1v) is 6.60. The average molecular weight is 238 g/mol. The molecular weight excluding hydrogens is 226 g/mol. The zero-order valence-corrected chi connectivity index (χ0v) is 10.2. The van der Waals surface area contributed by atoms with Crippen LogP contribution in [0.15, 0.2) is 60.7 Å². The Morgan fingerprint density at radius 3 is 1.82 bits per heavy atom. The van der Waals surface area contributed by atoms with Gasteiger partial charge in [0, 0.05) is 22.9 Å². The second-order valence-electron chi connectivity index (χ2n) is 4.08. The Labute approximate surface area is 105 Å². The monoisotopic (exact) mass is 238 g/mol. The summed E-state index contributed by atoms with van der Waals surface area (Å²) in [6, 6.07) is 20.9. The maximum Gasteiger partial charge on any atom is 0.348 e. The second-order valence-corrected chi connectivity index (χ2v) is 4.84. The molecule has 0 fully saturated rings. The highest BCUT2D eigenvalue weighted by atomic mass is 32.2. The van der Waals surface area contributed by atoms with Crippen LogP contribution in [0.1, 0.15) is 11.1 Å². The molecule has 0 radical (unpaired) electrons. The number of nitrogens with zero attached hydrogens (tertiary/aromatic N) is 1. The van der Waals surface area contributed by atoms with Crippen LogP contribution in [0, 0.1) is 5.40 Å². The van der Waals surface area contributed by atoms with Crippen LogP contribution in [0.4, 0.5) is 0 Å². The van der Waals surface area contributed by atoms with Gasteiger partial charge in [-0.05, 0) is 0 Å². The fraction of sp³-hybridized carbons (Fsp3) is 0.133. The molecule has 2 aromatic rings. The third-order valence-corrected chi connectivity index (χ3v) is 3.87. The lowest BCUT2D eigenvalue weighted by atomic mass is 9.85. The molecule has 82 valence electrons. The van der Waals surface area contributed by atoms with Gasteiger partial charge >= 0.3 is 10.9 Å². The summed E-state index contributed by atoms with van der Waals surface area (Å²) in [5.74, 6) is 0.932. The van der Waals surface area contributed by atoms with Crippen LogP contribution in [0.25, 0.3) is 4.85 Å². The zero-order valence-electron chi connectivity index (χ0n) is 9.34. The fourth-order valence-corrected chi connectivity index (χ4v) is 3.06. The molecule has 2 aromatic carbocycles.